The maximum absolute atomic E-state index is 13.7. The summed E-state index contributed by atoms with van der Waals surface area (Å²) in [6.45, 7) is 3.86. The molecule has 0 aliphatic carbocycles. The van der Waals surface area contributed by atoms with E-state index >= 15 is 0 Å². The average Bonchev–Trinajstić information content (AvgIpc) is 3.50. The minimum atomic E-state index is -3.78. The van der Waals surface area contributed by atoms with Gasteiger partial charge < -0.3 is 23.5 Å². The Kier molecular flexibility index (Phi) is 8.41. The van der Waals surface area contributed by atoms with Gasteiger partial charge >= 0.3 is 0 Å². The minimum absolute atomic E-state index is 0.0576. The van der Waals surface area contributed by atoms with Crippen molar-refractivity contribution in [2.75, 3.05) is 34.5 Å². The molecule has 1 saturated heterocycles. The topological polar surface area (TPSA) is 126 Å². The van der Waals surface area contributed by atoms with Crippen LogP contribution in [0.15, 0.2) is 34.7 Å². The van der Waals surface area contributed by atoms with Crippen molar-refractivity contribution >= 4 is 15.7 Å². The number of nitrogens with zero attached hydrogens (tertiary/aromatic N) is 4. The zero-order valence-corrected chi connectivity index (χ0v) is 23.2. The van der Waals surface area contributed by atoms with Crippen LogP contribution in [0.5, 0.6) is 11.5 Å². The van der Waals surface area contributed by atoms with Crippen molar-refractivity contribution in [1.29, 1.82) is 0 Å². The van der Waals surface area contributed by atoms with Gasteiger partial charge in [-0.15, -0.1) is 10.2 Å². The van der Waals surface area contributed by atoms with E-state index < -0.39 is 20.8 Å². The summed E-state index contributed by atoms with van der Waals surface area (Å²) in [7, 11) is 0.835. The van der Waals surface area contributed by atoms with Gasteiger partial charge in [0.15, 0.2) is 21.4 Å². The number of hydrogen-bond acceptors (Lipinski definition) is 9. The number of rotatable bonds is 11. The molecule has 38 heavy (non-hydrogen) atoms. The maximum atomic E-state index is 13.7. The van der Waals surface area contributed by atoms with Gasteiger partial charge in [0.2, 0.25) is 11.7 Å². The molecular formula is C26H34N4O7S. The van der Waals surface area contributed by atoms with Crippen LogP contribution < -0.4 is 9.47 Å². The van der Waals surface area contributed by atoms with E-state index in [9.17, 15) is 13.2 Å². The summed E-state index contributed by atoms with van der Waals surface area (Å²) in [5.41, 5.74) is 0.454. The number of amides is 1. The van der Waals surface area contributed by atoms with E-state index in [4.69, 9.17) is 18.6 Å². The second kappa shape index (κ2) is 11.6. The predicted molar refractivity (Wildman–Crippen MR) is 140 cm³/mol. The van der Waals surface area contributed by atoms with Crippen LogP contribution >= 0.6 is 0 Å². The monoisotopic (exact) mass is 546 g/mol. The molecule has 0 bridgehead atoms. The number of piperidine rings is 1. The SMILES string of the molecule is COC[C@H]1CCCC(=O)N1C[C@@H](C)S(=O)(=O)Cc1nnc(-c2ccc(C)o2)n1-c1c(OC)cccc1OC. The van der Waals surface area contributed by atoms with Gasteiger partial charge in [-0.1, -0.05) is 6.07 Å². The van der Waals surface area contributed by atoms with Crippen LogP contribution in [-0.2, 0) is 25.1 Å². The molecule has 0 N–H and O–H groups in total. The van der Waals surface area contributed by atoms with Crippen molar-refractivity contribution in [2.24, 2.45) is 0 Å². The highest BCUT2D eigenvalue weighted by molar-refractivity contribution is 7.91. The molecule has 4 rings (SSSR count). The molecule has 1 aliphatic rings. The second-order valence-electron chi connectivity index (χ2n) is 9.36. The van der Waals surface area contributed by atoms with Crippen molar-refractivity contribution in [3.8, 4) is 28.8 Å². The molecule has 0 spiro atoms. The van der Waals surface area contributed by atoms with E-state index in [0.717, 1.165) is 12.8 Å². The molecule has 11 nitrogen and oxygen atoms in total. The van der Waals surface area contributed by atoms with Gasteiger partial charge in [0.1, 0.15) is 28.7 Å². The molecule has 12 heteroatoms. The lowest BCUT2D eigenvalue weighted by Crippen LogP contribution is -2.50. The Bertz CT molecular complexity index is 1360. The lowest BCUT2D eigenvalue weighted by Gasteiger charge is -2.36. The summed E-state index contributed by atoms with van der Waals surface area (Å²) in [5, 5.41) is 7.72. The zero-order chi connectivity index (χ0) is 27.4. The van der Waals surface area contributed by atoms with Crippen molar-refractivity contribution in [1.82, 2.24) is 19.7 Å². The van der Waals surface area contributed by atoms with Gasteiger partial charge in [-0.3, -0.25) is 9.36 Å². The summed E-state index contributed by atoms with van der Waals surface area (Å²) >= 11 is 0. The highest BCUT2D eigenvalue weighted by Gasteiger charge is 2.34. The van der Waals surface area contributed by atoms with Crippen LogP contribution in [0, 0.1) is 6.92 Å². The quantitative estimate of drug-likeness (QED) is 0.356. The summed E-state index contributed by atoms with van der Waals surface area (Å²) in [4.78, 5) is 14.3. The largest absolute Gasteiger partial charge is 0.494 e. The van der Waals surface area contributed by atoms with Crippen molar-refractivity contribution < 1.29 is 31.8 Å². The predicted octanol–water partition coefficient (Wildman–Crippen LogP) is 3.18. The van der Waals surface area contributed by atoms with E-state index in [-0.39, 0.29) is 24.3 Å². The number of aryl methyl sites for hydroxylation is 1. The van der Waals surface area contributed by atoms with Gasteiger partial charge in [-0.05, 0) is 51.0 Å². The minimum Gasteiger partial charge on any atom is -0.494 e. The van der Waals surface area contributed by atoms with Crippen LogP contribution in [0.2, 0.25) is 0 Å². The first kappa shape index (κ1) is 27.6. The first-order chi connectivity index (χ1) is 18.2. The number of sulfone groups is 1. The second-order valence-corrected chi connectivity index (χ2v) is 11.8. The third-order valence-corrected chi connectivity index (χ3v) is 8.80. The number of aromatic nitrogens is 3. The third kappa shape index (κ3) is 5.56. The summed E-state index contributed by atoms with van der Waals surface area (Å²) in [5.74, 6) is 1.98. The number of carbonyl (C=O) groups is 1. The number of para-hydroxylation sites is 1. The summed E-state index contributed by atoms with van der Waals surface area (Å²) in [6.07, 6.45) is 1.95. The number of ether oxygens (including phenoxy) is 3. The molecule has 0 radical (unpaired) electrons. The van der Waals surface area contributed by atoms with Crippen molar-refractivity contribution in [3.63, 3.8) is 0 Å². The Morgan fingerprint density at radius 1 is 1.11 bits per heavy atom. The van der Waals surface area contributed by atoms with E-state index in [2.05, 4.69) is 10.2 Å². The molecule has 3 aromatic rings. The molecule has 1 aliphatic heterocycles. The van der Waals surface area contributed by atoms with E-state index in [1.165, 1.54) is 14.2 Å². The third-order valence-electron chi connectivity index (χ3n) is 6.76. The fraction of sp³-hybridized carbons (Fsp3) is 0.500. The molecule has 206 valence electrons. The zero-order valence-electron chi connectivity index (χ0n) is 22.3. The highest BCUT2D eigenvalue weighted by atomic mass is 32.2. The van der Waals surface area contributed by atoms with Crippen LogP contribution in [0.3, 0.4) is 0 Å². The van der Waals surface area contributed by atoms with E-state index in [0.29, 0.717) is 47.6 Å². The first-order valence-corrected chi connectivity index (χ1v) is 14.1. The van der Waals surface area contributed by atoms with Crippen LogP contribution in [0.4, 0.5) is 0 Å². The Morgan fingerprint density at radius 2 is 1.82 bits per heavy atom. The maximum Gasteiger partial charge on any atom is 0.222 e. The van der Waals surface area contributed by atoms with Crippen LogP contribution in [0.25, 0.3) is 17.3 Å². The fourth-order valence-electron chi connectivity index (χ4n) is 4.73. The van der Waals surface area contributed by atoms with Gasteiger partial charge in [0, 0.05) is 20.1 Å². The fourth-order valence-corrected chi connectivity index (χ4v) is 5.95. The molecule has 2 atom stereocenters. The Labute approximate surface area is 222 Å². The van der Waals surface area contributed by atoms with Gasteiger partial charge in [0.05, 0.1) is 32.1 Å². The van der Waals surface area contributed by atoms with E-state index in [1.807, 2.05) is 0 Å². The number of likely N-dealkylation sites (tertiary alicyclic amines) is 1. The Morgan fingerprint density at radius 3 is 2.42 bits per heavy atom. The molecular weight excluding hydrogens is 512 g/mol. The normalized spacial score (nSPS) is 17.0. The lowest BCUT2D eigenvalue weighted by atomic mass is 10.0. The van der Waals surface area contributed by atoms with Gasteiger partial charge in [-0.25, -0.2) is 8.42 Å². The standard InChI is InChI=1S/C26H34N4O7S/c1-17-12-13-22(37-17)26-28-27-23(30(26)25-20(35-4)9-7-10-21(25)36-5)16-38(32,33)18(2)14-29-19(15-34-3)8-6-11-24(29)31/h7,9-10,12-13,18-19H,6,8,11,14-16H2,1-5H3/t18-,19-/m1/s1. The summed E-state index contributed by atoms with van der Waals surface area (Å²) < 4.78 is 51.2. The van der Waals surface area contributed by atoms with Crippen molar-refractivity contribution in [3.05, 3.63) is 41.9 Å². The smallest absolute Gasteiger partial charge is 0.222 e. The highest BCUT2D eigenvalue weighted by Crippen LogP contribution is 2.37. The Balaban J connectivity index is 1.73. The van der Waals surface area contributed by atoms with Crippen LogP contribution in [0.1, 0.15) is 37.8 Å². The molecule has 3 heterocycles. The average molecular weight is 547 g/mol. The number of hydrogen-bond donors (Lipinski definition) is 0. The van der Waals surface area contributed by atoms with E-state index in [1.54, 1.807) is 60.8 Å². The van der Waals surface area contributed by atoms with Crippen LogP contribution in [-0.4, -0.2) is 79.8 Å². The number of carbonyl (C=O) groups excluding carboxylic acids is 1. The molecule has 0 unspecified atom stereocenters. The summed E-state index contributed by atoms with van der Waals surface area (Å²) in [6, 6.07) is 8.65. The molecule has 1 aromatic carbocycles. The molecule has 2 aromatic heterocycles. The number of furan rings is 1. The lowest BCUT2D eigenvalue weighted by molar-refractivity contribution is -0.137. The molecule has 0 saturated carbocycles. The van der Waals surface area contributed by atoms with Crippen molar-refractivity contribution in [2.45, 2.75) is 50.2 Å². The number of benzene rings is 1. The Hall–Kier alpha value is -3.38. The van der Waals surface area contributed by atoms with Gasteiger partial charge in [0.25, 0.3) is 0 Å². The van der Waals surface area contributed by atoms with Gasteiger partial charge in [-0.2, -0.15) is 0 Å². The first-order valence-electron chi connectivity index (χ1n) is 12.4. The molecule has 1 amide bonds. The molecule has 1 fully saturated rings. The number of methoxy groups -OCH3 is 3.